The van der Waals surface area contributed by atoms with Gasteiger partial charge in [0.15, 0.2) is 5.89 Å². The highest BCUT2D eigenvalue weighted by molar-refractivity contribution is 4.96. The van der Waals surface area contributed by atoms with Gasteiger partial charge in [-0.3, -0.25) is 9.80 Å². The summed E-state index contributed by atoms with van der Waals surface area (Å²) >= 11 is 0. The van der Waals surface area contributed by atoms with Crippen LogP contribution in [0.5, 0.6) is 0 Å². The Hall–Kier alpha value is -0.870. The van der Waals surface area contributed by atoms with Crippen molar-refractivity contribution >= 4 is 0 Å². The lowest BCUT2D eigenvalue weighted by molar-refractivity contribution is 0.0451. The number of oxazole rings is 1. The third-order valence-corrected chi connectivity index (χ3v) is 3.80. The van der Waals surface area contributed by atoms with Gasteiger partial charge in [-0.2, -0.15) is 0 Å². The molecule has 1 saturated heterocycles. The van der Waals surface area contributed by atoms with Crippen LogP contribution in [-0.4, -0.2) is 46.5 Å². The Bertz CT molecular complexity index is 375. The third-order valence-electron chi connectivity index (χ3n) is 3.80. The summed E-state index contributed by atoms with van der Waals surface area (Å²) in [5.41, 5.74) is 1.06. The van der Waals surface area contributed by atoms with Crippen molar-refractivity contribution in [2.24, 2.45) is 0 Å². The van der Waals surface area contributed by atoms with Gasteiger partial charge in [0.2, 0.25) is 0 Å². The minimum absolute atomic E-state index is 0.645. The van der Waals surface area contributed by atoms with Crippen LogP contribution in [0, 0.1) is 6.92 Å². The highest BCUT2D eigenvalue weighted by atomic mass is 16.3. The molecule has 0 aromatic carbocycles. The average molecular weight is 251 g/mol. The van der Waals surface area contributed by atoms with Gasteiger partial charge in [-0.25, -0.2) is 4.98 Å². The first-order chi connectivity index (χ1) is 8.60. The minimum Gasteiger partial charge on any atom is -0.449 e. The van der Waals surface area contributed by atoms with E-state index in [1.54, 1.807) is 6.26 Å². The third kappa shape index (κ3) is 3.12. The largest absolute Gasteiger partial charge is 0.449 e. The normalized spacial score (nSPS) is 22.8. The Morgan fingerprint density at radius 1 is 1.44 bits per heavy atom. The molecule has 0 aliphatic carbocycles. The quantitative estimate of drug-likeness (QED) is 0.822. The fourth-order valence-electron chi connectivity index (χ4n) is 2.83. The van der Waals surface area contributed by atoms with Crippen molar-refractivity contribution in [1.29, 1.82) is 0 Å². The van der Waals surface area contributed by atoms with E-state index in [0.717, 1.165) is 37.8 Å². The highest BCUT2D eigenvalue weighted by Crippen LogP contribution is 2.17. The zero-order chi connectivity index (χ0) is 13.1. The summed E-state index contributed by atoms with van der Waals surface area (Å²) in [7, 11) is 0. The van der Waals surface area contributed by atoms with E-state index in [2.05, 4.69) is 35.6 Å². The van der Waals surface area contributed by atoms with Crippen LogP contribution in [0.4, 0.5) is 0 Å². The lowest BCUT2D eigenvalue weighted by atomic mass is 10.1. The van der Waals surface area contributed by atoms with E-state index in [4.69, 9.17) is 4.42 Å². The summed E-state index contributed by atoms with van der Waals surface area (Å²) in [4.78, 5) is 9.49. The number of hydrogen-bond donors (Lipinski definition) is 0. The molecule has 0 unspecified atom stereocenters. The van der Waals surface area contributed by atoms with Gasteiger partial charge in [-0.1, -0.05) is 6.92 Å². The molecular weight excluding hydrogens is 226 g/mol. The van der Waals surface area contributed by atoms with Crippen molar-refractivity contribution in [3.05, 3.63) is 17.8 Å². The second kappa shape index (κ2) is 5.85. The van der Waals surface area contributed by atoms with Crippen molar-refractivity contribution < 1.29 is 4.42 Å². The summed E-state index contributed by atoms with van der Waals surface area (Å²) in [6.45, 7) is 13.1. The van der Waals surface area contributed by atoms with Gasteiger partial charge >= 0.3 is 0 Å². The maximum absolute atomic E-state index is 5.27. The van der Waals surface area contributed by atoms with Crippen LogP contribution in [0.25, 0.3) is 0 Å². The van der Waals surface area contributed by atoms with Crippen LogP contribution in [0.2, 0.25) is 0 Å². The molecule has 0 amide bonds. The van der Waals surface area contributed by atoms with E-state index >= 15 is 0 Å². The van der Waals surface area contributed by atoms with Crippen LogP contribution in [-0.2, 0) is 6.54 Å². The molecule has 1 atom stereocenters. The molecule has 4 heteroatoms. The Morgan fingerprint density at radius 2 is 2.22 bits per heavy atom. The minimum atomic E-state index is 0.645. The summed E-state index contributed by atoms with van der Waals surface area (Å²) in [6.07, 6.45) is 3.00. The zero-order valence-corrected chi connectivity index (χ0v) is 12.0. The number of nitrogens with zero attached hydrogens (tertiary/aromatic N) is 3. The van der Waals surface area contributed by atoms with Crippen molar-refractivity contribution in [1.82, 2.24) is 14.8 Å². The number of rotatable bonds is 4. The van der Waals surface area contributed by atoms with Crippen molar-refractivity contribution in [2.45, 2.75) is 52.7 Å². The number of aromatic nitrogens is 1. The molecule has 0 saturated carbocycles. The van der Waals surface area contributed by atoms with Crippen LogP contribution in [0.1, 0.15) is 38.8 Å². The van der Waals surface area contributed by atoms with Crippen molar-refractivity contribution in [3.63, 3.8) is 0 Å². The summed E-state index contributed by atoms with van der Waals surface area (Å²) in [6, 6.07) is 1.32. The Kier molecular flexibility index (Phi) is 4.40. The summed E-state index contributed by atoms with van der Waals surface area (Å²) in [5.74, 6) is 0.762. The lowest BCUT2D eigenvalue weighted by Gasteiger charge is -2.43. The first-order valence-corrected chi connectivity index (χ1v) is 6.99. The Morgan fingerprint density at radius 3 is 2.78 bits per heavy atom. The summed E-state index contributed by atoms with van der Waals surface area (Å²) in [5, 5.41) is 0. The van der Waals surface area contributed by atoms with Crippen molar-refractivity contribution in [2.75, 3.05) is 19.6 Å². The van der Waals surface area contributed by atoms with Gasteiger partial charge in [-0.15, -0.1) is 0 Å². The van der Waals surface area contributed by atoms with Gasteiger partial charge in [0, 0.05) is 45.2 Å². The first-order valence-electron chi connectivity index (χ1n) is 6.99. The highest BCUT2D eigenvalue weighted by Gasteiger charge is 2.27. The average Bonchev–Trinajstić information content (AvgIpc) is 2.74. The fourth-order valence-corrected chi connectivity index (χ4v) is 2.83. The van der Waals surface area contributed by atoms with E-state index in [9.17, 15) is 0 Å². The molecule has 0 spiro atoms. The van der Waals surface area contributed by atoms with Crippen LogP contribution < -0.4 is 0 Å². The smallest absolute Gasteiger partial charge is 0.191 e. The molecule has 2 heterocycles. The molecular formula is C14H25N3O. The molecule has 1 aliphatic heterocycles. The van der Waals surface area contributed by atoms with E-state index in [1.165, 1.54) is 6.42 Å². The molecule has 1 aromatic heterocycles. The maximum Gasteiger partial charge on any atom is 0.191 e. The van der Waals surface area contributed by atoms with Crippen LogP contribution in [0.3, 0.4) is 0 Å². The van der Waals surface area contributed by atoms with Gasteiger partial charge in [0.1, 0.15) is 6.26 Å². The molecule has 0 bridgehead atoms. The maximum atomic E-state index is 5.27. The Labute approximate surface area is 110 Å². The van der Waals surface area contributed by atoms with Crippen LogP contribution in [0.15, 0.2) is 10.7 Å². The summed E-state index contributed by atoms with van der Waals surface area (Å²) < 4.78 is 5.27. The van der Waals surface area contributed by atoms with E-state index in [1.807, 2.05) is 6.92 Å². The second-order valence-corrected chi connectivity index (χ2v) is 5.49. The molecule has 0 N–H and O–H groups in total. The van der Waals surface area contributed by atoms with E-state index < -0.39 is 0 Å². The molecule has 1 aliphatic rings. The van der Waals surface area contributed by atoms with Gasteiger partial charge in [-0.05, 0) is 20.3 Å². The SMILES string of the molecule is CC[C@@H]1CN(Cc2coc(C)n2)CCN1C(C)C. The second-order valence-electron chi connectivity index (χ2n) is 5.49. The van der Waals surface area contributed by atoms with E-state index in [0.29, 0.717) is 12.1 Å². The van der Waals surface area contributed by atoms with Gasteiger partial charge in [0.25, 0.3) is 0 Å². The van der Waals surface area contributed by atoms with Gasteiger partial charge in [0.05, 0.1) is 5.69 Å². The topological polar surface area (TPSA) is 32.5 Å². The predicted octanol–water partition coefficient (Wildman–Crippen LogP) is 2.29. The molecule has 18 heavy (non-hydrogen) atoms. The molecule has 0 radical (unpaired) electrons. The Balaban J connectivity index is 1.93. The molecule has 4 nitrogen and oxygen atoms in total. The number of hydrogen-bond acceptors (Lipinski definition) is 4. The zero-order valence-electron chi connectivity index (χ0n) is 12.0. The van der Waals surface area contributed by atoms with Crippen LogP contribution >= 0.6 is 0 Å². The molecule has 2 rings (SSSR count). The van der Waals surface area contributed by atoms with E-state index in [-0.39, 0.29) is 0 Å². The molecule has 102 valence electrons. The number of piperazine rings is 1. The number of aryl methyl sites for hydroxylation is 1. The van der Waals surface area contributed by atoms with Crippen molar-refractivity contribution in [3.8, 4) is 0 Å². The molecule has 1 fully saturated rings. The lowest BCUT2D eigenvalue weighted by Crippen LogP contribution is -2.54. The predicted molar refractivity (Wildman–Crippen MR) is 72.4 cm³/mol. The first kappa shape index (κ1) is 13.6. The standard InChI is InChI=1S/C14H25N3O/c1-5-14-9-16(6-7-17(14)11(2)3)8-13-10-18-12(4)15-13/h10-11,14H,5-9H2,1-4H3/t14-/m1/s1. The monoisotopic (exact) mass is 251 g/mol. The molecule has 1 aromatic rings. The van der Waals surface area contributed by atoms with Gasteiger partial charge < -0.3 is 4.42 Å². The fraction of sp³-hybridized carbons (Fsp3) is 0.786.